The number of anilines is 1. The van der Waals surface area contributed by atoms with Gasteiger partial charge in [-0.25, -0.2) is 9.48 Å². The lowest BCUT2D eigenvalue weighted by molar-refractivity contribution is -0.150. The van der Waals surface area contributed by atoms with E-state index >= 15 is 0 Å². The number of hydrogen-bond acceptors (Lipinski definition) is 6. The minimum Gasteiger partial charge on any atom is -0.454 e. The molecule has 1 spiro atoms. The maximum absolute atomic E-state index is 12.9. The molecule has 0 atom stereocenters. The molecular formula is C23H27N5O6. The number of ether oxygens (including phenoxy) is 1. The van der Waals surface area contributed by atoms with Crippen molar-refractivity contribution in [3.05, 3.63) is 46.4 Å². The fourth-order valence-corrected chi connectivity index (χ4v) is 4.52. The van der Waals surface area contributed by atoms with Gasteiger partial charge in [0.15, 0.2) is 6.61 Å². The molecule has 1 aliphatic heterocycles. The van der Waals surface area contributed by atoms with Gasteiger partial charge in [0.2, 0.25) is 0 Å². The maximum Gasteiger partial charge on any atom is 0.326 e. The van der Waals surface area contributed by atoms with E-state index in [9.17, 15) is 24.0 Å². The molecule has 11 heteroatoms. The standard InChI is InChI=1S/C23H27N5O6/c1-15-19(20(31)28(26(15)2)16-9-5-3-6-10-16)24-17(29)14-34-18(30)13-27-21(32)23(25-22(27)33)11-7-4-8-12-23/h3,5-6,9-10H,4,7-8,11-14H2,1-2H3,(H,24,29)(H,25,33). The van der Waals surface area contributed by atoms with Crippen LogP contribution in [0.4, 0.5) is 10.5 Å². The Labute approximate surface area is 195 Å². The average Bonchev–Trinajstić information content (AvgIpc) is 3.17. The molecule has 11 nitrogen and oxygen atoms in total. The number of hydrogen-bond donors (Lipinski definition) is 2. The predicted molar refractivity (Wildman–Crippen MR) is 121 cm³/mol. The number of rotatable bonds is 6. The van der Waals surface area contributed by atoms with E-state index < -0.39 is 48.1 Å². The van der Waals surface area contributed by atoms with Crippen LogP contribution in [0, 0.1) is 6.92 Å². The maximum atomic E-state index is 12.9. The van der Waals surface area contributed by atoms with E-state index in [4.69, 9.17) is 4.74 Å². The van der Waals surface area contributed by atoms with Crippen LogP contribution in [0.25, 0.3) is 5.69 Å². The average molecular weight is 469 g/mol. The summed E-state index contributed by atoms with van der Waals surface area (Å²) in [7, 11) is 1.69. The highest BCUT2D eigenvalue weighted by Gasteiger charge is 2.51. The number of amides is 4. The third kappa shape index (κ3) is 4.20. The molecule has 2 aliphatic rings. The molecule has 0 radical (unpaired) electrons. The molecule has 1 aliphatic carbocycles. The molecular weight excluding hydrogens is 442 g/mol. The summed E-state index contributed by atoms with van der Waals surface area (Å²) >= 11 is 0. The zero-order valence-corrected chi connectivity index (χ0v) is 19.1. The Morgan fingerprint density at radius 2 is 1.76 bits per heavy atom. The first kappa shape index (κ1) is 23.3. The van der Waals surface area contributed by atoms with E-state index in [-0.39, 0.29) is 5.69 Å². The summed E-state index contributed by atoms with van der Waals surface area (Å²) in [6.45, 7) is 0.443. The van der Waals surface area contributed by atoms with Crippen molar-refractivity contribution in [1.29, 1.82) is 0 Å². The number of benzene rings is 1. The van der Waals surface area contributed by atoms with Gasteiger partial charge in [0.1, 0.15) is 17.8 Å². The number of carbonyl (C=O) groups is 4. The van der Waals surface area contributed by atoms with E-state index in [1.165, 1.54) is 4.68 Å². The minimum atomic E-state index is -0.934. The summed E-state index contributed by atoms with van der Waals surface area (Å²) in [6, 6.07) is 8.32. The highest BCUT2D eigenvalue weighted by Crippen LogP contribution is 2.33. The third-order valence-corrected chi connectivity index (χ3v) is 6.42. The Kier molecular flexibility index (Phi) is 6.27. The van der Waals surface area contributed by atoms with Gasteiger partial charge in [0, 0.05) is 7.05 Å². The van der Waals surface area contributed by atoms with Gasteiger partial charge in [0.25, 0.3) is 17.4 Å². The van der Waals surface area contributed by atoms with Crippen molar-refractivity contribution >= 4 is 29.5 Å². The number of aromatic nitrogens is 2. The van der Waals surface area contributed by atoms with Gasteiger partial charge in [-0.05, 0) is 31.9 Å². The molecule has 4 rings (SSSR count). The number of nitrogens with zero attached hydrogens (tertiary/aromatic N) is 3. The molecule has 2 N–H and O–H groups in total. The predicted octanol–water partition coefficient (Wildman–Crippen LogP) is 1.22. The van der Waals surface area contributed by atoms with E-state index in [2.05, 4.69) is 10.6 Å². The van der Waals surface area contributed by atoms with Crippen molar-refractivity contribution in [1.82, 2.24) is 19.6 Å². The van der Waals surface area contributed by atoms with Crippen LogP contribution >= 0.6 is 0 Å². The quantitative estimate of drug-likeness (QED) is 0.483. The molecule has 2 heterocycles. The zero-order valence-electron chi connectivity index (χ0n) is 19.1. The Bertz CT molecular complexity index is 1190. The lowest BCUT2D eigenvalue weighted by atomic mass is 9.82. The minimum absolute atomic E-state index is 0.0701. The van der Waals surface area contributed by atoms with Crippen LogP contribution in [0.1, 0.15) is 37.8 Å². The summed E-state index contributed by atoms with van der Waals surface area (Å²) < 4.78 is 7.99. The zero-order chi connectivity index (χ0) is 24.5. The van der Waals surface area contributed by atoms with Crippen LogP contribution < -0.4 is 16.2 Å². The summed E-state index contributed by atoms with van der Waals surface area (Å²) in [5, 5.41) is 5.21. The molecule has 1 saturated carbocycles. The lowest BCUT2D eigenvalue weighted by Gasteiger charge is -2.30. The molecule has 34 heavy (non-hydrogen) atoms. The van der Waals surface area contributed by atoms with Crippen molar-refractivity contribution in [2.75, 3.05) is 18.5 Å². The lowest BCUT2D eigenvalue weighted by Crippen LogP contribution is -2.48. The number of imide groups is 1. The van der Waals surface area contributed by atoms with Crippen molar-refractivity contribution in [3.8, 4) is 5.69 Å². The highest BCUT2D eigenvalue weighted by atomic mass is 16.5. The van der Waals surface area contributed by atoms with Crippen LogP contribution in [0.3, 0.4) is 0 Å². The largest absolute Gasteiger partial charge is 0.454 e. The Morgan fingerprint density at radius 3 is 2.44 bits per heavy atom. The summed E-state index contributed by atoms with van der Waals surface area (Å²) in [5.41, 5.74) is -0.139. The second kappa shape index (κ2) is 9.16. The van der Waals surface area contributed by atoms with Gasteiger partial charge in [0.05, 0.1) is 11.4 Å². The third-order valence-electron chi connectivity index (χ3n) is 6.42. The Morgan fingerprint density at radius 1 is 1.09 bits per heavy atom. The van der Waals surface area contributed by atoms with E-state index in [1.54, 1.807) is 42.9 Å². The second-order valence-electron chi connectivity index (χ2n) is 8.61. The van der Waals surface area contributed by atoms with Crippen LogP contribution in [0.5, 0.6) is 0 Å². The van der Waals surface area contributed by atoms with Crippen LogP contribution in [0.15, 0.2) is 35.1 Å². The molecule has 180 valence electrons. The molecule has 1 saturated heterocycles. The Balaban J connectivity index is 1.36. The van der Waals surface area contributed by atoms with E-state index in [1.807, 2.05) is 6.07 Å². The normalized spacial score (nSPS) is 17.1. The molecule has 4 amide bonds. The van der Waals surface area contributed by atoms with Crippen molar-refractivity contribution in [3.63, 3.8) is 0 Å². The molecule has 1 aromatic carbocycles. The first-order valence-corrected chi connectivity index (χ1v) is 11.2. The van der Waals surface area contributed by atoms with Gasteiger partial charge in [-0.15, -0.1) is 0 Å². The van der Waals surface area contributed by atoms with E-state index in [0.29, 0.717) is 24.2 Å². The molecule has 0 bridgehead atoms. The van der Waals surface area contributed by atoms with Crippen LogP contribution in [0.2, 0.25) is 0 Å². The van der Waals surface area contributed by atoms with Gasteiger partial charge >= 0.3 is 12.0 Å². The summed E-state index contributed by atoms with van der Waals surface area (Å²) in [4.78, 5) is 63.4. The van der Waals surface area contributed by atoms with Crippen LogP contribution in [-0.4, -0.2) is 56.8 Å². The Hall–Kier alpha value is -3.89. The fourth-order valence-electron chi connectivity index (χ4n) is 4.52. The summed E-state index contributed by atoms with van der Waals surface area (Å²) in [6.07, 6.45) is 3.75. The molecule has 1 aromatic heterocycles. The van der Waals surface area contributed by atoms with Crippen molar-refractivity contribution in [2.24, 2.45) is 7.05 Å². The topological polar surface area (TPSA) is 132 Å². The smallest absolute Gasteiger partial charge is 0.326 e. The van der Waals surface area contributed by atoms with Gasteiger partial charge in [-0.2, -0.15) is 0 Å². The van der Waals surface area contributed by atoms with Crippen molar-refractivity contribution < 1.29 is 23.9 Å². The molecule has 2 fully saturated rings. The second-order valence-corrected chi connectivity index (χ2v) is 8.61. The molecule has 0 unspecified atom stereocenters. The number of urea groups is 1. The monoisotopic (exact) mass is 469 g/mol. The first-order valence-electron chi connectivity index (χ1n) is 11.2. The first-order chi connectivity index (χ1) is 16.2. The summed E-state index contributed by atoms with van der Waals surface area (Å²) in [5.74, 6) is -2.03. The van der Waals surface area contributed by atoms with E-state index in [0.717, 1.165) is 24.2 Å². The fraction of sp³-hybridized carbons (Fsp3) is 0.435. The van der Waals surface area contributed by atoms with Crippen molar-refractivity contribution in [2.45, 2.75) is 44.6 Å². The highest BCUT2D eigenvalue weighted by molar-refractivity contribution is 6.08. The number of carbonyl (C=O) groups excluding carboxylic acids is 4. The van der Waals surface area contributed by atoms with Crippen LogP contribution in [-0.2, 0) is 26.2 Å². The number of esters is 1. The SMILES string of the molecule is Cc1c(NC(=O)COC(=O)CN2C(=O)NC3(CCCCC3)C2=O)c(=O)n(-c2ccccc2)n1C. The number of para-hydroxylation sites is 1. The van der Waals surface area contributed by atoms with Gasteiger partial charge in [-0.3, -0.25) is 28.8 Å². The van der Waals surface area contributed by atoms with Gasteiger partial charge in [-0.1, -0.05) is 37.5 Å². The number of nitrogens with one attached hydrogen (secondary N) is 2. The van der Waals surface area contributed by atoms with Gasteiger partial charge < -0.3 is 15.4 Å². The molecule has 2 aromatic rings.